The van der Waals surface area contributed by atoms with E-state index >= 15 is 0 Å². The molecule has 6 aliphatic carbocycles. The summed E-state index contributed by atoms with van der Waals surface area (Å²) in [6.07, 6.45) is 7.73. The maximum atomic E-state index is 14.4. The zero-order valence-corrected chi connectivity index (χ0v) is 38.2. The summed E-state index contributed by atoms with van der Waals surface area (Å²) in [5.74, 6) is -1.40. The predicted molar refractivity (Wildman–Crippen MR) is 229 cm³/mol. The molecule has 10 heteroatoms. The van der Waals surface area contributed by atoms with Crippen molar-refractivity contribution in [3.8, 4) is 0 Å². The highest BCUT2D eigenvalue weighted by Gasteiger charge is 2.71. The van der Waals surface area contributed by atoms with Gasteiger partial charge in [-0.3, -0.25) is 24.0 Å². The van der Waals surface area contributed by atoms with Crippen molar-refractivity contribution in [2.45, 2.75) is 158 Å². The molecule has 0 radical (unpaired) electrons. The van der Waals surface area contributed by atoms with Crippen molar-refractivity contribution in [1.29, 1.82) is 0 Å². The summed E-state index contributed by atoms with van der Waals surface area (Å²) in [5.41, 5.74) is -0.0862. The summed E-state index contributed by atoms with van der Waals surface area (Å²) in [5, 5.41) is 16.6. The normalized spacial score (nSPS) is 38.2. The van der Waals surface area contributed by atoms with Crippen LogP contribution in [0, 0.1) is 68.0 Å². The van der Waals surface area contributed by atoms with Crippen molar-refractivity contribution in [2.75, 3.05) is 5.32 Å². The number of Topliss-reactive ketones (excluding diaryl/α,β-unsaturated/α-hetero) is 1. The Kier molecular flexibility index (Phi) is 10.7. The number of hydrogen-bond acceptors (Lipinski definition) is 6. The lowest BCUT2D eigenvalue weighted by Crippen LogP contribution is -2.67. The minimum absolute atomic E-state index is 0.0115. The Labute approximate surface area is 357 Å². The predicted octanol–water partition coefficient (Wildman–Crippen LogP) is 10.2. The van der Waals surface area contributed by atoms with Gasteiger partial charge in [-0.05, 0) is 139 Å². The molecule has 9 nitrogen and oxygen atoms in total. The van der Waals surface area contributed by atoms with E-state index in [4.69, 9.17) is 16.3 Å². The average Bonchev–Trinajstić information content (AvgIpc) is 3.41. The summed E-state index contributed by atoms with van der Waals surface area (Å²) in [7, 11) is 0. The molecule has 0 aromatic heterocycles. The maximum Gasteiger partial charge on any atom is 0.309 e. The molecule has 1 aromatic rings. The summed E-state index contributed by atoms with van der Waals surface area (Å²) in [6, 6.07) is 6.90. The molecule has 0 aliphatic heterocycles. The van der Waals surface area contributed by atoms with E-state index in [1.807, 2.05) is 27.7 Å². The van der Waals surface area contributed by atoms with Gasteiger partial charge in [-0.25, -0.2) is 0 Å². The molecular formula is C49H69ClN2O7. The van der Waals surface area contributed by atoms with E-state index in [1.54, 1.807) is 24.3 Å². The molecule has 0 spiro atoms. The van der Waals surface area contributed by atoms with Gasteiger partial charge in [0.1, 0.15) is 6.10 Å². The summed E-state index contributed by atoms with van der Waals surface area (Å²) in [6.45, 7) is 23.7. The van der Waals surface area contributed by atoms with Crippen LogP contribution < -0.4 is 10.6 Å². The van der Waals surface area contributed by atoms with Crippen LogP contribution in [0.25, 0.3) is 0 Å². The highest BCUT2D eigenvalue weighted by Crippen LogP contribution is 2.76. The van der Waals surface area contributed by atoms with Crippen LogP contribution in [0.3, 0.4) is 0 Å². The maximum absolute atomic E-state index is 14.4. The number of fused-ring (bicyclic) bond motifs is 7. The van der Waals surface area contributed by atoms with Gasteiger partial charge < -0.3 is 20.5 Å². The lowest BCUT2D eigenvalue weighted by molar-refractivity contribution is -0.235. The fourth-order valence-electron chi connectivity index (χ4n) is 14.5. The zero-order chi connectivity index (χ0) is 43.5. The van der Waals surface area contributed by atoms with Crippen molar-refractivity contribution in [3.05, 3.63) is 40.4 Å². The monoisotopic (exact) mass is 832 g/mol. The quantitative estimate of drug-likeness (QED) is 0.211. The Hall–Kier alpha value is -3.20. The third kappa shape index (κ3) is 6.72. The van der Waals surface area contributed by atoms with E-state index in [0.29, 0.717) is 35.4 Å². The first kappa shape index (κ1) is 43.9. The largest absolute Gasteiger partial charge is 0.481 e. The lowest BCUT2D eigenvalue weighted by atomic mass is 9.33. The highest BCUT2D eigenvalue weighted by molar-refractivity contribution is 6.30. The van der Waals surface area contributed by atoms with Crippen LogP contribution in [0.2, 0.25) is 5.02 Å². The number of ketones is 1. The van der Waals surface area contributed by atoms with Gasteiger partial charge in [0.05, 0.1) is 22.8 Å². The number of anilines is 1. The van der Waals surface area contributed by atoms with Gasteiger partial charge in [-0.1, -0.05) is 87.8 Å². The third-order valence-corrected chi connectivity index (χ3v) is 18.4. The van der Waals surface area contributed by atoms with Crippen molar-refractivity contribution < 1.29 is 33.8 Å². The van der Waals surface area contributed by atoms with Crippen molar-refractivity contribution in [1.82, 2.24) is 5.32 Å². The number of aliphatic carboxylic acids is 1. The van der Waals surface area contributed by atoms with Crippen LogP contribution in [-0.4, -0.2) is 46.3 Å². The average molecular weight is 834 g/mol. The molecule has 1 aromatic carbocycles. The summed E-state index contributed by atoms with van der Waals surface area (Å²) >= 11 is 6.04. The van der Waals surface area contributed by atoms with E-state index in [0.717, 1.165) is 56.1 Å². The fourth-order valence-corrected chi connectivity index (χ4v) is 14.6. The molecule has 0 bridgehead atoms. The molecule has 3 N–H and O–H groups in total. The SMILES string of the molecule is CC(C)C1=C2[C@H]3CC[C@@H]4[C@@]5(C)CC[C@H](OC(=O)[C@H]6C[C@@H](C(=O)O)C6(C)C)C(C)(C)[C@@H]5CC[C@@]4(C)[C@]3(C)CCC2(NC(=O)C(C)(C)CC(=O)Nc2ccc(Cl)cc2)CC1=O. The minimum atomic E-state index is -1.02. The van der Waals surface area contributed by atoms with Gasteiger partial charge in [0.2, 0.25) is 11.8 Å². The van der Waals surface area contributed by atoms with Crippen molar-refractivity contribution in [2.24, 2.45) is 68.0 Å². The first-order valence-corrected chi connectivity index (χ1v) is 22.7. The molecule has 5 saturated carbocycles. The number of amides is 2. The Morgan fingerprint density at radius 2 is 1.51 bits per heavy atom. The molecule has 5 fully saturated rings. The van der Waals surface area contributed by atoms with E-state index in [1.165, 1.54) is 0 Å². The number of hydrogen-bond donors (Lipinski definition) is 3. The number of ether oxygens (including phenoxy) is 1. The van der Waals surface area contributed by atoms with Gasteiger partial charge in [0.15, 0.2) is 5.78 Å². The Morgan fingerprint density at radius 1 is 0.847 bits per heavy atom. The number of nitrogens with one attached hydrogen (secondary N) is 2. The number of rotatable bonds is 9. The highest BCUT2D eigenvalue weighted by atomic mass is 35.5. The minimum Gasteiger partial charge on any atom is -0.481 e. The van der Waals surface area contributed by atoms with E-state index in [9.17, 15) is 29.1 Å². The van der Waals surface area contributed by atoms with E-state index < -0.39 is 34.2 Å². The van der Waals surface area contributed by atoms with Crippen LogP contribution >= 0.6 is 11.6 Å². The van der Waals surface area contributed by atoms with Crippen molar-refractivity contribution >= 4 is 46.8 Å². The zero-order valence-electron chi connectivity index (χ0n) is 37.4. The number of carboxylic acids is 1. The van der Waals surface area contributed by atoms with Crippen LogP contribution in [0.1, 0.15) is 147 Å². The number of carbonyl (C=O) groups is 5. The first-order chi connectivity index (χ1) is 27.2. The second-order valence-electron chi connectivity index (χ2n) is 22.6. The second kappa shape index (κ2) is 14.4. The molecule has 2 amide bonds. The summed E-state index contributed by atoms with van der Waals surface area (Å²) < 4.78 is 6.41. The van der Waals surface area contributed by atoms with Gasteiger partial charge in [-0.2, -0.15) is 0 Å². The standard InChI is InChI=1S/C49H69ClN2O7/c1-27(2)38-33(53)25-49(52-42(58)43(3,4)26-37(54)51-29-14-12-28(50)13-15-29)23-22-47(10)30(39(38)49)16-17-35-46(9)20-19-36(45(7,8)34(46)18-21-48(35,47)11)59-41(57)32-24-31(40(55)56)44(32,5)6/h12-15,27,30-32,34-36H,16-26H2,1-11H3,(H,51,54)(H,52,58)(H,55,56)/t30-,31+,32-,34+,35-,36+,46+,47-,48-,49?/m1/s1. The molecule has 0 saturated heterocycles. The smallest absolute Gasteiger partial charge is 0.309 e. The molecule has 6 aliphatic rings. The van der Waals surface area contributed by atoms with Gasteiger partial charge >= 0.3 is 11.9 Å². The van der Waals surface area contributed by atoms with E-state index in [2.05, 4.69) is 59.1 Å². The number of halogens is 1. The van der Waals surface area contributed by atoms with E-state index in [-0.39, 0.29) is 76.0 Å². The van der Waals surface area contributed by atoms with Crippen LogP contribution in [0.5, 0.6) is 0 Å². The first-order valence-electron chi connectivity index (χ1n) is 22.3. The lowest BCUT2D eigenvalue weighted by Gasteiger charge is -2.72. The molecule has 1 unspecified atom stereocenters. The number of benzene rings is 1. The summed E-state index contributed by atoms with van der Waals surface area (Å²) in [4.78, 5) is 67.3. The van der Waals surface area contributed by atoms with Crippen LogP contribution in [0.15, 0.2) is 35.4 Å². The van der Waals surface area contributed by atoms with Gasteiger partial charge in [0, 0.05) is 29.0 Å². The topological polar surface area (TPSA) is 139 Å². The molecule has 59 heavy (non-hydrogen) atoms. The number of carboxylic acid groups (broad SMARTS) is 1. The van der Waals surface area contributed by atoms with Crippen LogP contribution in [-0.2, 0) is 28.7 Å². The number of esters is 1. The van der Waals surface area contributed by atoms with Crippen molar-refractivity contribution in [3.63, 3.8) is 0 Å². The van der Waals surface area contributed by atoms with Gasteiger partial charge in [0.25, 0.3) is 0 Å². The second-order valence-corrected chi connectivity index (χ2v) is 23.1. The number of allylic oxidation sites excluding steroid dienone is 1. The Bertz CT molecular complexity index is 1970. The van der Waals surface area contributed by atoms with Gasteiger partial charge in [-0.15, -0.1) is 0 Å². The molecule has 0 heterocycles. The molecule has 7 rings (SSSR count). The van der Waals surface area contributed by atoms with Crippen LogP contribution in [0.4, 0.5) is 5.69 Å². The Morgan fingerprint density at radius 3 is 2.12 bits per heavy atom. The third-order valence-electron chi connectivity index (χ3n) is 18.2. The molecule has 10 atom stereocenters. The molecular weight excluding hydrogens is 764 g/mol. The Balaban J connectivity index is 1.12. The molecule has 324 valence electrons. The number of carbonyl (C=O) groups excluding carboxylic acids is 4. The fraction of sp³-hybridized carbons (Fsp3) is 0.735.